The van der Waals surface area contributed by atoms with Crippen molar-refractivity contribution in [3.05, 3.63) is 35.1 Å². The number of fused-ring (bicyclic) bond motifs is 1. The van der Waals surface area contributed by atoms with Crippen LogP contribution < -0.4 is 5.32 Å². The highest BCUT2D eigenvalue weighted by atomic mass is 16.3. The molecule has 0 fully saturated rings. The van der Waals surface area contributed by atoms with Gasteiger partial charge in [0.25, 0.3) is 0 Å². The Morgan fingerprint density at radius 2 is 1.95 bits per heavy atom. The summed E-state index contributed by atoms with van der Waals surface area (Å²) in [4.78, 5) is 12.0. The normalized spacial score (nSPS) is 11.6. The fourth-order valence-electron chi connectivity index (χ4n) is 2.56. The zero-order valence-corrected chi connectivity index (χ0v) is 13.6. The van der Waals surface area contributed by atoms with Crippen LogP contribution in [0.1, 0.15) is 50.3 Å². The fraction of sp³-hybridized carbons (Fsp3) is 0.500. The van der Waals surface area contributed by atoms with Gasteiger partial charge in [-0.1, -0.05) is 27.7 Å². The van der Waals surface area contributed by atoms with Crippen molar-refractivity contribution in [2.75, 3.05) is 6.54 Å². The maximum absolute atomic E-state index is 12.0. The Morgan fingerprint density at radius 3 is 2.57 bits per heavy atom. The van der Waals surface area contributed by atoms with Gasteiger partial charge in [-0.05, 0) is 42.0 Å². The summed E-state index contributed by atoms with van der Waals surface area (Å²) in [7, 11) is 0. The van der Waals surface area contributed by atoms with Gasteiger partial charge < -0.3 is 9.73 Å². The van der Waals surface area contributed by atoms with Gasteiger partial charge in [-0.2, -0.15) is 0 Å². The number of hydrogen-bond donors (Lipinski definition) is 1. The van der Waals surface area contributed by atoms with Crippen molar-refractivity contribution < 1.29 is 9.21 Å². The summed E-state index contributed by atoms with van der Waals surface area (Å²) >= 11 is 0. The summed E-state index contributed by atoms with van der Waals surface area (Å²) in [6.07, 6.45) is 2.09. The largest absolute Gasteiger partial charge is 0.464 e. The molecule has 1 heterocycles. The van der Waals surface area contributed by atoms with Crippen LogP contribution >= 0.6 is 0 Å². The molecule has 0 aliphatic heterocycles. The van der Waals surface area contributed by atoms with Crippen LogP contribution in [0.3, 0.4) is 0 Å². The van der Waals surface area contributed by atoms with Crippen LogP contribution in [0.4, 0.5) is 0 Å². The van der Waals surface area contributed by atoms with E-state index in [1.807, 2.05) is 0 Å². The Balaban J connectivity index is 2.24. The monoisotopic (exact) mass is 287 g/mol. The quantitative estimate of drug-likeness (QED) is 0.896. The number of rotatable bonds is 5. The summed E-state index contributed by atoms with van der Waals surface area (Å²) in [6.45, 7) is 11.4. The first-order chi connectivity index (χ1) is 9.88. The minimum atomic E-state index is 0.0538. The summed E-state index contributed by atoms with van der Waals surface area (Å²) in [5.74, 6) is 0.982. The topological polar surface area (TPSA) is 42.2 Å². The van der Waals surface area contributed by atoms with Gasteiger partial charge in [-0.3, -0.25) is 4.79 Å². The summed E-state index contributed by atoms with van der Waals surface area (Å²) < 4.78 is 5.61. The predicted octanol–water partition coefficient (Wildman–Crippen LogP) is 4.18. The van der Waals surface area contributed by atoms with Crippen molar-refractivity contribution in [1.29, 1.82) is 0 Å². The first kappa shape index (κ1) is 15.6. The molecule has 1 amide bonds. The van der Waals surface area contributed by atoms with Gasteiger partial charge in [-0.25, -0.2) is 0 Å². The molecule has 0 bridgehead atoms. The number of furan rings is 1. The minimum Gasteiger partial charge on any atom is -0.464 e. The third kappa shape index (κ3) is 3.66. The third-order valence-electron chi connectivity index (χ3n) is 3.72. The van der Waals surface area contributed by atoms with E-state index >= 15 is 0 Å². The number of aryl methyl sites for hydroxylation is 1. The summed E-state index contributed by atoms with van der Waals surface area (Å²) in [5, 5.41) is 4.01. The van der Waals surface area contributed by atoms with E-state index < -0.39 is 0 Å². The van der Waals surface area contributed by atoms with Gasteiger partial charge in [0.05, 0.1) is 12.7 Å². The molecule has 0 radical (unpaired) electrons. The molecule has 114 valence electrons. The number of benzene rings is 1. The first-order valence-electron chi connectivity index (χ1n) is 7.65. The molecule has 0 unspecified atom stereocenters. The standard InChI is InChI=1S/C18H25NO2/c1-11(2)9-19-18(20)7-14-10-21-17-6-13(5)15(12(3)4)8-16(14)17/h6,8,10-12H,7,9H2,1-5H3,(H,19,20). The molecule has 0 saturated carbocycles. The van der Waals surface area contributed by atoms with E-state index in [0.29, 0.717) is 24.8 Å². The molecule has 0 spiro atoms. The molecule has 1 aromatic heterocycles. The van der Waals surface area contributed by atoms with Gasteiger partial charge in [0.15, 0.2) is 0 Å². The third-order valence-corrected chi connectivity index (χ3v) is 3.72. The van der Waals surface area contributed by atoms with Crippen molar-refractivity contribution in [1.82, 2.24) is 5.32 Å². The summed E-state index contributed by atoms with van der Waals surface area (Å²) in [5.41, 5.74) is 4.38. The van der Waals surface area contributed by atoms with E-state index in [-0.39, 0.29) is 5.91 Å². The molecule has 3 nitrogen and oxygen atoms in total. The first-order valence-corrected chi connectivity index (χ1v) is 7.65. The van der Waals surface area contributed by atoms with Crippen molar-refractivity contribution in [3.8, 4) is 0 Å². The number of amides is 1. The van der Waals surface area contributed by atoms with Crippen LogP contribution in [0.2, 0.25) is 0 Å². The van der Waals surface area contributed by atoms with Crippen molar-refractivity contribution >= 4 is 16.9 Å². The maximum atomic E-state index is 12.0. The van der Waals surface area contributed by atoms with E-state index in [0.717, 1.165) is 16.5 Å². The van der Waals surface area contributed by atoms with Crippen molar-refractivity contribution in [2.45, 2.75) is 47.0 Å². The second kappa shape index (κ2) is 6.33. The smallest absolute Gasteiger partial charge is 0.224 e. The van der Waals surface area contributed by atoms with Crippen LogP contribution in [0.25, 0.3) is 11.0 Å². The molecule has 0 aliphatic rings. The average Bonchev–Trinajstić information content (AvgIpc) is 2.77. The van der Waals surface area contributed by atoms with Crippen molar-refractivity contribution in [2.24, 2.45) is 5.92 Å². The Morgan fingerprint density at radius 1 is 1.24 bits per heavy atom. The Bertz CT molecular complexity index is 638. The number of carbonyl (C=O) groups is 1. The SMILES string of the molecule is Cc1cc2occ(CC(=O)NCC(C)C)c2cc1C(C)C. The minimum absolute atomic E-state index is 0.0538. The van der Waals surface area contributed by atoms with Crippen LogP contribution in [0.15, 0.2) is 22.8 Å². The zero-order chi connectivity index (χ0) is 15.6. The zero-order valence-electron chi connectivity index (χ0n) is 13.6. The molecule has 0 aliphatic carbocycles. The predicted molar refractivity (Wildman–Crippen MR) is 86.6 cm³/mol. The second-order valence-corrected chi connectivity index (χ2v) is 6.50. The van der Waals surface area contributed by atoms with Gasteiger partial charge >= 0.3 is 0 Å². The van der Waals surface area contributed by atoms with E-state index in [4.69, 9.17) is 4.42 Å². The van der Waals surface area contributed by atoms with Gasteiger partial charge in [0.1, 0.15) is 5.58 Å². The molecule has 2 aromatic rings. The Labute approximate surface area is 126 Å². The Hall–Kier alpha value is -1.77. The summed E-state index contributed by atoms with van der Waals surface area (Å²) in [6, 6.07) is 4.24. The van der Waals surface area contributed by atoms with E-state index in [1.165, 1.54) is 11.1 Å². The van der Waals surface area contributed by atoms with Gasteiger partial charge in [0, 0.05) is 17.5 Å². The van der Waals surface area contributed by atoms with Crippen molar-refractivity contribution in [3.63, 3.8) is 0 Å². The van der Waals surface area contributed by atoms with E-state index in [9.17, 15) is 4.79 Å². The average molecular weight is 287 g/mol. The molecule has 0 atom stereocenters. The van der Waals surface area contributed by atoms with Crippen LogP contribution in [-0.4, -0.2) is 12.5 Å². The highest BCUT2D eigenvalue weighted by molar-refractivity contribution is 5.88. The molecule has 21 heavy (non-hydrogen) atoms. The molecule has 3 heteroatoms. The van der Waals surface area contributed by atoms with E-state index in [1.54, 1.807) is 6.26 Å². The van der Waals surface area contributed by atoms with Gasteiger partial charge in [-0.15, -0.1) is 0 Å². The second-order valence-electron chi connectivity index (χ2n) is 6.50. The maximum Gasteiger partial charge on any atom is 0.224 e. The lowest BCUT2D eigenvalue weighted by Gasteiger charge is -2.10. The van der Waals surface area contributed by atoms with Crippen LogP contribution in [0.5, 0.6) is 0 Å². The molecule has 1 aromatic carbocycles. The Kier molecular flexibility index (Phi) is 4.71. The molecule has 2 rings (SSSR count). The van der Waals surface area contributed by atoms with Crippen LogP contribution in [0, 0.1) is 12.8 Å². The fourth-order valence-corrected chi connectivity index (χ4v) is 2.56. The van der Waals surface area contributed by atoms with E-state index in [2.05, 4.69) is 52.1 Å². The lowest BCUT2D eigenvalue weighted by molar-refractivity contribution is -0.120. The highest BCUT2D eigenvalue weighted by Gasteiger charge is 2.13. The number of nitrogens with one attached hydrogen (secondary N) is 1. The highest BCUT2D eigenvalue weighted by Crippen LogP contribution is 2.29. The number of hydrogen-bond acceptors (Lipinski definition) is 2. The number of carbonyl (C=O) groups excluding carboxylic acids is 1. The molecular formula is C18H25NO2. The molecule has 1 N–H and O–H groups in total. The van der Waals surface area contributed by atoms with Gasteiger partial charge in [0.2, 0.25) is 5.91 Å². The van der Waals surface area contributed by atoms with Crippen LogP contribution in [-0.2, 0) is 11.2 Å². The molecule has 0 saturated heterocycles. The lowest BCUT2D eigenvalue weighted by atomic mass is 9.95. The lowest BCUT2D eigenvalue weighted by Crippen LogP contribution is -2.28. The molecular weight excluding hydrogens is 262 g/mol.